The number of benzene rings is 2. The van der Waals surface area contributed by atoms with E-state index in [-0.39, 0.29) is 11.8 Å². The molecule has 0 fully saturated rings. The molecule has 1 atom stereocenters. The van der Waals surface area contributed by atoms with Gasteiger partial charge in [-0.3, -0.25) is 4.79 Å². The Labute approximate surface area is 194 Å². The first-order valence-electron chi connectivity index (χ1n) is 11.4. The van der Waals surface area contributed by atoms with Gasteiger partial charge >= 0.3 is 6.09 Å². The molecule has 2 N–H and O–H groups in total. The van der Waals surface area contributed by atoms with E-state index in [1.165, 1.54) is 10.5 Å². The van der Waals surface area contributed by atoms with E-state index in [4.69, 9.17) is 0 Å². The Hall–Kier alpha value is -3.61. The SMILES string of the molecule is Cc1c(C(=O)Nc2ccc3c(c2)CCN(C(=O)O)CC3CC(C)C)cnn1-c1ccccc1. The van der Waals surface area contributed by atoms with Gasteiger partial charge in [0.05, 0.1) is 23.1 Å². The predicted octanol–water partition coefficient (Wildman–Crippen LogP) is 5.10. The number of nitrogens with one attached hydrogen (secondary N) is 1. The van der Waals surface area contributed by atoms with E-state index in [0.29, 0.717) is 36.7 Å². The van der Waals surface area contributed by atoms with Crippen LogP contribution in [0.2, 0.25) is 0 Å². The average Bonchev–Trinajstić information content (AvgIpc) is 3.08. The Morgan fingerprint density at radius 3 is 2.64 bits per heavy atom. The van der Waals surface area contributed by atoms with Gasteiger partial charge in [0.2, 0.25) is 0 Å². The molecule has 7 nitrogen and oxygen atoms in total. The fourth-order valence-corrected chi connectivity index (χ4v) is 4.61. The zero-order valence-corrected chi connectivity index (χ0v) is 19.3. The van der Waals surface area contributed by atoms with Gasteiger partial charge in [0.25, 0.3) is 5.91 Å². The van der Waals surface area contributed by atoms with Crippen LogP contribution in [0.25, 0.3) is 5.69 Å². The van der Waals surface area contributed by atoms with Crippen molar-refractivity contribution < 1.29 is 14.7 Å². The third-order valence-corrected chi connectivity index (χ3v) is 6.21. The Bertz CT molecular complexity index is 1150. The first kappa shape index (κ1) is 22.6. The fourth-order valence-electron chi connectivity index (χ4n) is 4.61. The first-order chi connectivity index (χ1) is 15.8. The topological polar surface area (TPSA) is 87.5 Å². The van der Waals surface area contributed by atoms with Crippen molar-refractivity contribution in [2.45, 2.75) is 39.5 Å². The smallest absolute Gasteiger partial charge is 0.407 e. The van der Waals surface area contributed by atoms with E-state index < -0.39 is 6.09 Å². The standard InChI is InChI=1S/C26H30N4O3/c1-17(2)13-20-16-29(26(32)33)12-11-19-14-21(9-10-23(19)20)28-25(31)24-15-27-30(18(24)3)22-7-5-4-6-8-22/h4-10,14-15,17,20H,11-13,16H2,1-3H3,(H,28,31)(H,32,33). The summed E-state index contributed by atoms with van der Waals surface area (Å²) in [5.74, 6) is 0.393. The first-order valence-corrected chi connectivity index (χ1v) is 11.4. The largest absolute Gasteiger partial charge is 0.465 e. The molecule has 1 aliphatic rings. The zero-order chi connectivity index (χ0) is 23.5. The third kappa shape index (κ3) is 4.92. The zero-order valence-electron chi connectivity index (χ0n) is 19.3. The van der Waals surface area contributed by atoms with Crippen molar-refractivity contribution in [2.75, 3.05) is 18.4 Å². The van der Waals surface area contributed by atoms with Crippen LogP contribution < -0.4 is 5.32 Å². The highest BCUT2D eigenvalue weighted by atomic mass is 16.4. The van der Waals surface area contributed by atoms with Crippen molar-refractivity contribution in [1.29, 1.82) is 0 Å². The van der Waals surface area contributed by atoms with E-state index in [9.17, 15) is 14.7 Å². The highest BCUT2D eigenvalue weighted by Crippen LogP contribution is 2.32. The van der Waals surface area contributed by atoms with Crippen LogP contribution in [0.1, 0.15) is 53.4 Å². The second-order valence-corrected chi connectivity index (χ2v) is 9.06. The van der Waals surface area contributed by atoms with Crippen molar-refractivity contribution in [3.05, 3.63) is 77.1 Å². The van der Waals surface area contributed by atoms with Crippen LogP contribution >= 0.6 is 0 Å². The number of para-hydroxylation sites is 1. The molecule has 2 amide bonds. The molecular weight excluding hydrogens is 416 g/mol. The molecule has 4 rings (SSSR count). The summed E-state index contributed by atoms with van der Waals surface area (Å²) in [6, 6.07) is 15.7. The molecule has 2 heterocycles. The third-order valence-electron chi connectivity index (χ3n) is 6.21. The van der Waals surface area contributed by atoms with Crippen molar-refractivity contribution in [2.24, 2.45) is 5.92 Å². The van der Waals surface area contributed by atoms with Crippen molar-refractivity contribution in [3.63, 3.8) is 0 Å². The van der Waals surface area contributed by atoms with E-state index in [1.807, 2.05) is 55.5 Å². The fraction of sp³-hybridized carbons (Fsp3) is 0.346. The number of rotatable bonds is 5. The summed E-state index contributed by atoms with van der Waals surface area (Å²) in [5.41, 5.74) is 5.17. The van der Waals surface area contributed by atoms with Crippen molar-refractivity contribution >= 4 is 17.7 Å². The molecule has 7 heteroatoms. The second-order valence-electron chi connectivity index (χ2n) is 9.06. The summed E-state index contributed by atoms with van der Waals surface area (Å²) >= 11 is 0. The molecule has 3 aromatic rings. The van der Waals surface area contributed by atoms with Gasteiger partial charge in [-0.05, 0) is 61.1 Å². The highest BCUT2D eigenvalue weighted by molar-refractivity contribution is 6.05. The number of aromatic nitrogens is 2. The van der Waals surface area contributed by atoms with E-state index >= 15 is 0 Å². The van der Waals surface area contributed by atoms with Gasteiger partial charge in [-0.2, -0.15) is 5.10 Å². The van der Waals surface area contributed by atoms with Crippen LogP contribution in [0, 0.1) is 12.8 Å². The average molecular weight is 447 g/mol. The molecule has 1 unspecified atom stereocenters. The maximum Gasteiger partial charge on any atom is 0.407 e. The minimum absolute atomic E-state index is 0.148. The summed E-state index contributed by atoms with van der Waals surface area (Å²) in [6.45, 7) is 7.15. The van der Waals surface area contributed by atoms with Gasteiger partial charge in [0, 0.05) is 24.7 Å². The number of amides is 2. The van der Waals surface area contributed by atoms with Crippen LogP contribution in [0.3, 0.4) is 0 Å². The van der Waals surface area contributed by atoms with Gasteiger partial charge in [-0.25, -0.2) is 9.48 Å². The number of fused-ring (bicyclic) bond motifs is 1. The number of hydrogen-bond acceptors (Lipinski definition) is 3. The van der Waals surface area contributed by atoms with Crippen LogP contribution in [-0.4, -0.2) is 44.9 Å². The molecule has 0 saturated carbocycles. The van der Waals surface area contributed by atoms with Crippen molar-refractivity contribution in [1.82, 2.24) is 14.7 Å². The quantitative estimate of drug-likeness (QED) is 0.571. The summed E-state index contributed by atoms with van der Waals surface area (Å²) in [7, 11) is 0. The number of nitrogens with zero attached hydrogens (tertiary/aromatic N) is 3. The van der Waals surface area contributed by atoms with E-state index in [2.05, 4.69) is 24.3 Å². The molecule has 0 radical (unpaired) electrons. The molecule has 1 aliphatic heterocycles. The summed E-state index contributed by atoms with van der Waals surface area (Å²) in [4.78, 5) is 26.2. The Balaban J connectivity index is 1.56. The number of hydrogen-bond donors (Lipinski definition) is 2. The van der Waals surface area contributed by atoms with E-state index in [0.717, 1.165) is 23.4 Å². The lowest BCUT2D eigenvalue weighted by atomic mass is 9.87. The summed E-state index contributed by atoms with van der Waals surface area (Å²) < 4.78 is 1.75. The van der Waals surface area contributed by atoms with Gasteiger partial charge < -0.3 is 15.3 Å². The highest BCUT2D eigenvalue weighted by Gasteiger charge is 2.26. The minimum Gasteiger partial charge on any atom is -0.465 e. The van der Waals surface area contributed by atoms with Crippen LogP contribution in [0.4, 0.5) is 10.5 Å². The van der Waals surface area contributed by atoms with Gasteiger partial charge in [-0.1, -0.05) is 38.1 Å². The molecule has 0 spiro atoms. The minimum atomic E-state index is -0.879. The molecule has 0 bridgehead atoms. The molecule has 2 aromatic carbocycles. The van der Waals surface area contributed by atoms with Crippen LogP contribution in [-0.2, 0) is 6.42 Å². The Kier molecular flexibility index (Phi) is 6.49. The maximum absolute atomic E-state index is 13.0. The van der Waals surface area contributed by atoms with Crippen LogP contribution in [0.5, 0.6) is 0 Å². The molecule has 33 heavy (non-hydrogen) atoms. The van der Waals surface area contributed by atoms with Gasteiger partial charge in [-0.15, -0.1) is 0 Å². The number of carbonyl (C=O) groups excluding carboxylic acids is 1. The molecule has 0 aliphatic carbocycles. The lowest BCUT2D eigenvalue weighted by Crippen LogP contribution is -2.33. The lowest BCUT2D eigenvalue weighted by molar-refractivity contribution is 0.102. The van der Waals surface area contributed by atoms with E-state index in [1.54, 1.807) is 10.9 Å². The monoisotopic (exact) mass is 446 g/mol. The number of carbonyl (C=O) groups is 2. The number of anilines is 1. The maximum atomic E-state index is 13.0. The molecule has 0 saturated heterocycles. The predicted molar refractivity (Wildman–Crippen MR) is 128 cm³/mol. The number of carboxylic acid groups (broad SMARTS) is 1. The lowest BCUT2D eigenvalue weighted by Gasteiger charge is -2.24. The Morgan fingerprint density at radius 1 is 1.18 bits per heavy atom. The molecule has 1 aromatic heterocycles. The second kappa shape index (κ2) is 9.48. The van der Waals surface area contributed by atoms with Crippen molar-refractivity contribution in [3.8, 4) is 5.69 Å². The Morgan fingerprint density at radius 2 is 1.94 bits per heavy atom. The van der Waals surface area contributed by atoms with Crippen LogP contribution in [0.15, 0.2) is 54.7 Å². The molecular formula is C26H30N4O3. The summed E-state index contributed by atoms with van der Waals surface area (Å²) in [6.07, 6.45) is 2.26. The molecule has 172 valence electrons. The normalized spacial score (nSPS) is 15.8. The van der Waals surface area contributed by atoms with Gasteiger partial charge in [0.15, 0.2) is 0 Å². The summed E-state index contributed by atoms with van der Waals surface area (Å²) in [5, 5.41) is 17.0. The van der Waals surface area contributed by atoms with Gasteiger partial charge in [0.1, 0.15) is 0 Å².